The summed E-state index contributed by atoms with van der Waals surface area (Å²) in [5.41, 5.74) is 0. The van der Waals surface area contributed by atoms with Crippen LogP contribution in [0.15, 0.2) is 0 Å². The van der Waals surface area contributed by atoms with Gasteiger partial charge in [-0.1, -0.05) is 0 Å². The Labute approximate surface area is 118 Å². The summed E-state index contributed by atoms with van der Waals surface area (Å²) in [5, 5.41) is 0. The van der Waals surface area contributed by atoms with E-state index >= 15 is 0 Å². The molecule has 0 amide bonds. The van der Waals surface area contributed by atoms with E-state index in [0.717, 1.165) is 0 Å². The summed E-state index contributed by atoms with van der Waals surface area (Å²) in [6.07, 6.45) is 0. The predicted molar refractivity (Wildman–Crippen MR) is 3.61 cm³/mol. The average Bonchev–Trinajstić information content (AvgIpc) is 1.41. The van der Waals surface area contributed by atoms with Crippen LogP contribution in [-0.4, -0.2) is 5.48 Å². The third-order valence-corrected chi connectivity index (χ3v) is 0. The van der Waals surface area contributed by atoms with E-state index in [1.807, 2.05) is 0 Å². The van der Waals surface area contributed by atoms with Crippen LogP contribution in [-0.2, 0) is 25.8 Å². The molecule has 0 unspecified atom stereocenters. The molecule has 0 aromatic rings. The van der Waals surface area contributed by atoms with Crippen LogP contribution in [0.5, 0.6) is 0 Å². The van der Waals surface area contributed by atoms with Crippen molar-refractivity contribution in [1.82, 2.24) is 0 Å². The molecule has 0 spiro atoms. The molecule has 0 aromatic carbocycles. The second-order valence-electron chi connectivity index (χ2n) is 1.13. The van der Waals surface area contributed by atoms with E-state index in [1.165, 1.54) is 0 Å². The van der Waals surface area contributed by atoms with E-state index in [4.69, 9.17) is 55.9 Å². The first-order valence-corrected chi connectivity index (χ1v) is 5.55. The molecule has 0 aliphatic heterocycles. The summed E-state index contributed by atoms with van der Waals surface area (Å²) < 4.78 is 102. The summed E-state index contributed by atoms with van der Waals surface area (Å²) in [5.74, 6) is 0. The van der Waals surface area contributed by atoms with Crippen LogP contribution < -0.4 is 55.9 Å². The Morgan fingerprint density at radius 1 is 0.353 bits per heavy atom. The van der Waals surface area contributed by atoms with Gasteiger partial charge in [-0.3, -0.25) is 0 Å². The molecule has 0 aliphatic carbocycles. The maximum atomic E-state index is 8.49. The zero-order chi connectivity index (χ0) is 13.5. The third-order valence-electron chi connectivity index (χ3n) is 0. The third kappa shape index (κ3) is 2680. The zero-order valence-electron chi connectivity index (χ0n) is 7.11. The van der Waals surface area contributed by atoms with Gasteiger partial charge in [0.1, 0.15) is 0 Å². The van der Waals surface area contributed by atoms with Crippen molar-refractivity contribution < 1.29 is 118 Å². The van der Waals surface area contributed by atoms with Gasteiger partial charge >= 0.3 is 25.8 Å². The van der Waals surface area contributed by atoms with Crippen LogP contribution in [0.3, 0.4) is 0 Å². The van der Waals surface area contributed by atoms with E-state index in [-0.39, 0.29) is 31.3 Å². The van der Waals surface area contributed by atoms with Gasteiger partial charge in [0.05, 0.1) is 0 Å². The number of halogens is 3. The topological polar surface area (TPSA) is 308 Å². The first-order valence-electron chi connectivity index (χ1n) is 1.85. The Hall–Kier alpha value is 1.22. The van der Waals surface area contributed by atoms with Crippen LogP contribution in [0.25, 0.3) is 0 Å². The SMILES string of the molecule is O.[O-][Cl+3]([O-])([O-])[O-].[O-][Cl+3]([O-])([O-])[O-].[O-][Cl+3]([O-])([O-])[O-].[Sc+3]. The largest absolute Gasteiger partial charge is 3.00 e. The van der Waals surface area contributed by atoms with Gasteiger partial charge in [0.25, 0.3) is 0 Å². The predicted octanol–water partition coefficient (Wildman–Crippen LogP) is -15.1. The molecule has 0 aromatic heterocycles. The Morgan fingerprint density at radius 2 is 0.353 bits per heavy atom. The fourth-order valence-electron chi connectivity index (χ4n) is 0. The molecule has 0 heterocycles. The van der Waals surface area contributed by atoms with Gasteiger partial charge in [0, 0.05) is 0 Å². The maximum Gasteiger partial charge on any atom is 3.00 e. The van der Waals surface area contributed by atoms with Crippen LogP contribution >= 0.6 is 0 Å². The normalized spacial score (nSPS) is 10.6. The molecule has 0 rings (SSSR count). The van der Waals surface area contributed by atoms with Crippen molar-refractivity contribution in [1.29, 1.82) is 0 Å². The van der Waals surface area contributed by atoms with Gasteiger partial charge in [-0.25, -0.2) is 55.9 Å². The zero-order valence-corrected chi connectivity index (χ0v) is 11.2. The minimum absolute atomic E-state index is 0. The molecule has 104 valence electrons. The molecule has 0 bridgehead atoms. The van der Waals surface area contributed by atoms with Crippen molar-refractivity contribution in [3.8, 4) is 0 Å². The van der Waals surface area contributed by atoms with Crippen LogP contribution in [0.4, 0.5) is 0 Å². The monoisotopic (exact) mass is 360 g/mol. The minimum atomic E-state index is -4.94. The van der Waals surface area contributed by atoms with Gasteiger partial charge in [-0.2, -0.15) is 0 Å². The van der Waals surface area contributed by atoms with Crippen molar-refractivity contribution in [2.45, 2.75) is 0 Å². The average molecular weight is 361 g/mol. The summed E-state index contributed by atoms with van der Waals surface area (Å²) >= 11 is 0. The molecule has 0 atom stereocenters. The number of rotatable bonds is 0. The Bertz CT molecular complexity index is 91.7. The first kappa shape index (κ1) is 30.9. The van der Waals surface area contributed by atoms with E-state index in [2.05, 4.69) is 0 Å². The molecule has 0 fully saturated rings. The van der Waals surface area contributed by atoms with Gasteiger partial charge in [0.15, 0.2) is 0 Å². The first-order chi connectivity index (χ1) is 6.00. The smallest absolute Gasteiger partial charge is 0.412 e. The molecule has 0 aliphatic rings. The molecule has 17 heavy (non-hydrogen) atoms. The fourth-order valence-corrected chi connectivity index (χ4v) is 0. The standard InChI is InChI=1S/3ClHO4.H2O.Sc/c3*2-1(3,4)5;;/h3*(H,2,3,4,5);1H2;/q;;;;+3/p-3. The Kier molecular flexibility index (Phi) is 22.3. The van der Waals surface area contributed by atoms with E-state index in [1.54, 1.807) is 0 Å². The van der Waals surface area contributed by atoms with Crippen LogP contribution in [0, 0.1) is 30.7 Å². The quantitative estimate of drug-likeness (QED) is 0.388. The van der Waals surface area contributed by atoms with Gasteiger partial charge < -0.3 is 5.48 Å². The van der Waals surface area contributed by atoms with Crippen molar-refractivity contribution in [3.63, 3.8) is 0 Å². The Balaban J connectivity index is -0.0000000400. The fraction of sp³-hybridized carbons (Fsp3) is 0. The molecule has 2 N–H and O–H groups in total. The second kappa shape index (κ2) is 12.3. The Morgan fingerprint density at radius 3 is 0.353 bits per heavy atom. The van der Waals surface area contributed by atoms with Crippen LogP contribution in [0.2, 0.25) is 0 Å². The van der Waals surface area contributed by atoms with Gasteiger partial charge in [-0.05, 0) is 0 Å². The number of hydrogen-bond donors (Lipinski definition) is 0. The van der Waals surface area contributed by atoms with Gasteiger partial charge in [-0.15, -0.1) is 30.7 Å². The molecular formula is H2Cl3O13Sc. The van der Waals surface area contributed by atoms with E-state index < -0.39 is 30.7 Å². The summed E-state index contributed by atoms with van der Waals surface area (Å²) in [4.78, 5) is 0. The minimum Gasteiger partial charge on any atom is -0.412 e. The van der Waals surface area contributed by atoms with Crippen molar-refractivity contribution in [2.75, 3.05) is 0 Å². The van der Waals surface area contributed by atoms with Crippen molar-refractivity contribution >= 4 is 0 Å². The summed E-state index contributed by atoms with van der Waals surface area (Å²) in [6.45, 7) is 0. The van der Waals surface area contributed by atoms with E-state index in [9.17, 15) is 0 Å². The summed E-state index contributed by atoms with van der Waals surface area (Å²) in [7, 11) is -14.8. The molecule has 13 nitrogen and oxygen atoms in total. The molecular weight excluding hydrogens is 359 g/mol. The molecule has 0 saturated heterocycles. The van der Waals surface area contributed by atoms with E-state index in [0.29, 0.717) is 0 Å². The van der Waals surface area contributed by atoms with Gasteiger partial charge in [0.2, 0.25) is 0 Å². The molecule has 0 radical (unpaired) electrons. The van der Waals surface area contributed by atoms with Crippen LogP contribution in [0.1, 0.15) is 0 Å². The molecule has 0 saturated carbocycles. The summed E-state index contributed by atoms with van der Waals surface area (Å²) in [6, 6.07) is 0. The second-order valence-corrected chi connectivity index (χ2v) is 3.40. The number of hydrogen-bond acceptors (Lipinski definition) is 12. The molecule has 17 heteroatoms. The van der Waals surface area contributed by atoms with Crippen molar-refractivity contribution in [2.24, 2.45) is 0 Å². The van der Waals surface area contributed by atoms with Crippen molar-refractivity contribution in [3.05, 3.63) is 0 Å². The maximum absolute atomic E-state index is 8.49.